The summed E-state index contributed by atoms with van der Waals surface area (Å²) in [7, 11) is 2.78. The van der Waals surface area contributed by atoms with Gasteiger partial charge in [-0.3, -0.25) is 14.4 Å². The minimum atomic E-state index is -1.17. The van der Waals surface area contributed by atoms with E-state index in [4.69, 9.17) is 9.84 Å². The molecule has 1 heterocycles. The lowest BCUT2D eigenvalue weighted by Gasteiger charge is -2.41. The van der Waals surface area contributed by atoms with Gasteiger partial charge in [0.1, 0.15) is 17.7 Å². The van der Waals surface area contributed by atoms with Gasteiger partial charge in [0.2, 0.25) is 11.8 Å². The highest BCUT2D eigenvalue weighted by molar-refractivity contribution is 5.98. The molecule has 9 heteroatoms. The van der Waals surface area contributed by atoms with Gasteiger partial charge in [-0.15, -0.1) is 0 Å². The number of carboxylic acid groups (broad SMARTS) is 1. The number of alkyl carbamates (subject to hydrolysis) is 1. The fourth-order valence-corrected chi connectivity index (χ4v) is 2.22. The minimum Gasteiger partial charge on any atom is -0.481 e. The summed E-state index contributed by atoms with van der Waals surface area (Å²) >= 11 is 0. The predicted octanol–water partition coefficient (Wildman–Crippen LogP) is -0.347. The number of nitrogens with zero attached hydrogens (tertiary/aromatic N) is 2. The van der Waals surface area contributed by atoms with Gasteiger partial charge in [-0.05, 0) is 20.8 Å². The molecule has 1 saturated heterocycles. The van der Waals surface area contributed by atoms with Crippen molar-refractivity contribution in [3.05, 3.63) is 0 Å². The third-order valence-corrected chi connectivity index (χ3v) is 3.41. The maximum atomic E-state index is 12.3. The van der Waals surface area contributed by atoms with Gasteiger partial charge >= 0.3 is 12.1 Å². The standard InChI is InChI=1S/C14H23N3O6/c1-14(2,3)23-13(22)15-7-9-12(21)16(4)8(6-10(18)19)11(20)17(9)5/h8-9H,6-7H2,1-5H3,(H,15,22)(H,18,19)/t8-,9-/m0/s1. The molecule has 1 rings (SSSR count). The lowest BCUT2D eigenvalue weighted by molar-refractivity contribution is -0.160. The smallest absolute Gasteiger partial charge is 0.407 e. The lowest BCUT2D eigenvalue weighted by atomic mass is 10.0. The van der Waals surface area contributed by atoms with Gasteiger partial charge in [-0.1, -0.05) is 0 Å². The highest BCUT2D eigenvalue weighted by atomic mass is 16.6. The summed E-state index contributed by atoms with van der Waals surface area (Å²) < 4.78 is 5.07. The Balaban J connectivity index is 2.74. The summed E-state index contributed by atoms with van der Waals surface area (Å²) in [5, 5.41) is 11.3. The fraction of sp³-hybridized carbons (Fsp3) is 0.714. The number of likely N-dealkylation sites (N-methyl/N-ethyl adjacent to an activating group) is 2. The van der Waals surface area contributed by atoms with Crippen molar-refractivity contribution in [2.24, 2.45) is 0 Å². The average Bonchev–Trinajstić information content (AvgIpc) is 2.39. The van der Waals surface area contributed by atoms with Gasteiger partial charge in [0.25, 0.3) is 0 Å². The molecule has 3 amide bonds. The van der Waals surface area contributed by atoms with E-state index < -0.39 is 48.0 Å². The first-order chi connectivity index (χ1) is 10.4. The van der Waals surface area contributed by atoms with Gasteiger partial charge in [0.05, 0.1) is 13.0 Å². The van der Waals surface area contributed by atoms with Crippen LogP contribution in [0.1, 0.15) is 27.2 Å². The normalized spacial score (nSPS) is 22.1. The second kappa shape index (κ2) is 6.84. The SMILES string of the molecule is CN1C(=O)[C@H](CC(=O)O)N(C)C(=O)[C@@H]1CNC(=O)OC(C)(C)C. The molecular weight excluding hydrogens is 306 g/mol. The molecule has 2 N–H and O–H groups in total. The molecule has 9 nitrogen and oxygen atoms in total. The van der Waals surface area contributed by atoms with Crippen LogP contribution in [0.5, 0.6) is 0 Å². The molecule has 1 aliphatic heterocycles. The van der Waals surface area contributed by atoms with Gasteiger partial charge in [0, 0.05) is 14.1 Å². The summed E-state index contributed by atoms with van der Waals surface area (Å²) in [6.45, 7) is 5.01. The zero-order valence-electron chi connectivity index (χ0n) is 14.0. The Morgan fingerprint density at radius 3 is 2.09 bits per heavy atom. The molecular formula is C14H23N3O6. The Morgan fingerprint density at radius 1 is 1.13 bits per heavy atom. The molecule has 0 spiro atoms. The number of aliphatic carboxylic acids is 1. The van der Waals surface area contributed by atoms with E-state index >= 15 is 0 Å². The van der Waals surface area contributed by atoms with Crippen molar-refractivity contribution in [3.8, 4) is 0 Å². The minimum absolute atomic E-state index is 0.111. The summed E-state index contributed by atoms with van der Waals surface area (Å²) in [6.07, 6.45) is -1.15. The third-order valence-electron chi connectivity index (χ3n) is 3.41. The first-order valence-electron chi connectivity index (χ1n) is 7.16. The average molecular weight is 329 g/mol. The first-order valence-corrected chi connectivity index (χ1v) is 7.16. The molecule has 130 valence electrons. The first kappa shape index (κ1) is 18.7. The number of nitrogens with one attached hydrogen (secondary N) is 1. The number of amides is 3. The molecule has 0 aromatic rings. The number of hydrogen-bond donors (Lipinski definition) is 2. The maximum Gasteiger partial charge on any atom is 0.407 e. The molecule has 0 radical (unpaired) electrons. The zero-order valence-corrected chi connectivity index (χ0v) is 14.0. The van der Waals surface area contributed by atoms with Crippen molar-refractivity contribution in [3.63, 3.8) is 0 Å². The Bertz CT molecular complexity index is 513. The number of carbonyl (C=O) groups excluding carboxylic acids is 3. The Labute approximate surface area is 134 Å². The number of carbonyl (C=O) groups is 4. The summed E-state index contributed by atoms with van der Waals surface area (Å²) in [4.78, 5) is 49.3. The Hall–Kier alpha value is -2.32. The topological polar surface area (TPSA) is 116 Å². The van der Waals surface area contributed by atoms with Crippen LogP contribution in [-0.4, -0.2) is 77.1 Å². The van der Waals surface area contributed by atoms with Crippen molar-refractivity contribution < 1.29 is 29.0 Å². The number of carboxylic acids is 1. The number of ether oxygens (including phenoxy) is 1. The van der Waals surface area contributed by atoms with Crippen molar-refractivity contribution in [1.29, 1.82) is 0 Å². The monoisotopic (exact) mass is 329 g/mol. The van der Waals surface area contributed by atoms with E-state index in [0.717, 1.165) is 9.80 Å². The highest BCUT2D eigenvalue weighted by Gasteiger charge is 2.43. The van der Waals surface area contributed by atoms with E-state index in [2.05, 4.69) is 5.32 Å². The summed E-state index contributed by atoms with van der Waals surface area (Å²) in [6, 6.07) is -1.94. The third kappa shape index (κ3) is 4.83. The van der Waals surface area contributed by atoms with Crippen molar-refractivity contribution >= 4 is 23.9 Å². The van der Waals surface area contributed by atoms with Crippen LogP contribution >= 0.6 is 0 Å². The summed E-state index contributed by atoms with van der Waals surface area (Å²) in [5.74, 6) is -2.08. The molecule has 0 aromatic heterocycles. The largest absolute Gasteiger partial charge is 0.481 e. The second-order valence-electron chi connectivity index (χ2n) is 6.41. The van der Waals surface area contributed by atoms with Crippen molar-refractivity contribution in [1.82, 2.24) is 15.1 Å². The van der Waals surface area contributed by atoms with Crippen LogP contribution in [0.4, 0.5) is 4.79 Å². The Kier molecular flexibility index (Phi) is 5.57. The number of hydrogen-bond acceptors (Lipinski definition) is 5. The highest BCUT2D eigenvalue weighted by Crippen LogP contribution is 2.17. The molecule has 2 atom stereocenters. The van der Waals surface area contributed by atoms with Crippen LogP contribution in [0.15, 0.2) is 0 Å². The molecule has 0 unspecified atom stereocenters. The van der Waals surface area contributed by atoms with Gasteiger partial charge < -0.3 is 25.0 Å². The van der Waals surface area contributed by atoms with E-state index in [1.807, 2.05) is 0 Å². The lowest BCUT2D eigenvalue weighted by Crippen LogP contribution is -2.65. The van der Waals surface area contributed by atoms with Crippen LogP contribution < -0.4 is 5.32 Å². The van der Waals surface area contributed by atoms with Crippen LogP contribution in [0.3, 0.4) is 0 Å². The van der Waals surface area contributed by atoms with E-state index in [1.54, 1.807) is 20.8 Å². The van der Waals surface area contributed by atoms with Crippen LogP contribution in [0, 0.1) is 0 Å². The second-order valence-corrected chi connectivity index (χ2v) is 6.41. The fourth-order valence-electron chi connectivity index (χ4n) is 2.22. The van der Waals surface area contributed by atoms with Gasteiger partial charge in [0.15, 0.2) is 0 Å². The van der Waals surface area contributed by atoms with Gasteiger partial charge in [-0.2, -0.15) is 0 Å². The van der Waals surface area contributed by atoms with Crippen LogP contribution in [-0.2, 0) is 19.1 Å². The summed E-state index contributed by atoms with van der Waals surface area (Å²) in [5.41, 5.74) is -0.675. The van der Waals surface area contributed by atoms with E-state index in [1.165, 1.54) is 14.1 Å². The van der Waals surface area contributed by atoms with Crippen LogP contribution in [0.2, 0.25) is 0 Å². The van der Waals surface area contributed by atoms with Crippen LogP contribution in [0.25, 0.3) is 0 Å². The van der Waals surface area contributed by atoms with Crippen molar-refractivity contribution in [2.45, 2.75) is 44.9 Å². The van der Waals surface area contributed by atoms with Gasteiger partial charge in [-0.25, -0.2) is 4.79 Å². The zero-order chi connectivity index (χ0) is 17.9. The number of rotatable bonds is 4. The van der Waals surface area contributed by atoms with Crippen molar-refractivity contribution in [2.75, 3.05) is 20.6 Å². The predicted molar refractivity (Wildman–Crippen MR) is 79.6 cm³/mol. The molecule has 0 aromatic carbocycles. The van der Waals surface area contributed by atoms with E-state index in [9.17, 15) is 19.2 Å². The van der Waals surface area contributed by atoms with E-state index in [0.29, 0.717) is 0 Å². The molecule has 1 aliphatic rings. The Morgan fingerprint density at radius 2 is 1.61 bits per heavy atom. The molecule has 0 aliphatic carbocycles. The maximum absolute atomic E-state index is 12.3. The molecule has 23 heavy (non-hydrogen) atoms. The van der Waals surface area contributed by atoms with E-state index in [-0.39, 0.29) is 6.54 Å². The molecule has 1 fully saturated rings. The molecule has 0 saturated carbocycles. The molecule has 0 bridgehead atoms. The quantitative estimate of drug-likeness (QED) is 0.728. The number of piperazine rings is 1.